The molecule has 5 nitrogen and oxygen atoms in total. The number of amides is 1. The molecule has 0 spiro atoms. The van der Waals surface area contributed by atoms with Crippen molar-refractivity contribution >= 4 is 34.6 Å². The van der Waals surface area contributed by atoms with E-state index >= 15 is 0 Å². The highest BCUT2D eigenvalue weighted by Gasteiger charge is 2.30. The fourth-order valence-electron chi connectivity index (χ4n) is 2.62. The minimum absolute atomic E-state index is 0.0586. The van der Waals surface area contributed by atoms with Gasteiger partial charge in [-0.05, 0) is 60.2 Å². The second-order valence-electron chi connectivity index (χ2n) is 5.77. The van der Waals surface area contributed by atoms with Crippen molar-refractivity contribution in [2.75, 3.05) is 13.8 Å². The number of hydrogen-bond acceptors (Lipinski definition) is 5. The first-order chi connectivity index (χ1) is 12.1. The van der Waals surface area contributed by atoms with Gasteiger partial charge < -0.3 is 9.47 Å². The number of para-hydroxylation sites is 1. The molecule has 126 valence electrons. The molecule has 1 amide bonds. The van der Waals surface area contributed by atoms with E-state index in [1.165, 1.54) is 11.8 Å². The molecule has 2 aromatic rings. The number of aliphatic imine (C=N–C) groups is 1. The maximum Gasteiger partial charge on any atom is 0.266 e. The van der Waals surface area contributed by atoms with Crippen molar-refractivity contribution in [3.05, 3.63) is 58.5 Å². The lowest BCUT2D eigenvalue weighted by atomic mass is 10.1. The van der Waals surface area contributed by atoms with Crippen molar-refractivity contribution in [2.24, 2.45) is 4.99 Å². The van der Waals surface area contributed by atoms with Crippen molar-refractivity contribution in [3.63, 3.8) is 0 Å². The number of likely N-dealkylation sites (N-methyl/N-ethyl adjacent to an activating group) is 1. The lowest BCUT2D eigenvalue weighted by Gasteiger charge is -2.07. The summed E-state index contributed by atoms with van der Waals surface area (Å²) < 4.78 is 10.8. The van der Waals surface area contributed by atoms with Crippen LogP contribution < -0.4 is 9.47 Å². The number of amidine groups is 1. The molecule has 1 fully saturated rings. The van der Waals surface area contributed by atoms with E-state index in [1.807, 2.05) is 55.5 Å². The minimum Gasteiger partial charge on any atom is -0.454 e. The SMILES string of the molecule is Cc1cc2c(cc1/C=C1\SC(=Nc3ccccc3)N(C)C1=O)OCO2. The van der Waals surface area contributed by atoms with Gasteiger partial charge in [0, 0.05) is 7.05 Å². The lowest BCUT2D eigenvalue weighted by Crippen LogP contribution is -2.23. The van der Waals surface area contributed by atoms with Gasteiger partial charge in [0.1, 0.15) is 0 Å². The molecule has 0 N–H and O–H groups in total. The summed E-state index contributed by atoms with van der Waals surface area (Å²) in [6, 6.07) is 13.5. The highest BCUT2D eigenvalue weighted by Crippen LogP contribution is 2.38. The van der Waals surface area contributed by atoms with Crippen LogP contribution in [0.5, 0.6) is 11.5 Å². The predicted molar refractivity (Wildman–Crippen MR) is 99.2 cm³/mol. The Hall–Kier alpha value is -2.73. The molecule has 0 radical (unpaired) electrons. The number of hydrogen-bond donors (Lipinski definition) is 0. The first-order valence-electron chi connectivity index (χ1n) is 7.83. The van der Waals surface area contributed by atoms with Crippen molar-refractivity contribution in [3.8, 4) is 11.5 Å². The maximum atomic E-state index is 12.6. The Morgan fingerprint density at radius 1 is 1.16 bits per heavy atom. The number of ether oxygens (including phenoxy) is 2. The third-order valence-electron chi connectivity index (χ3n) is 4.03. The number of aryl methyl sites for hydroxylation is 1. The number of carbonyl (C=O) groups is 1. The van der Waals surface area contributed by atoms with Gasteiger partial charge in [0.2, 0.25) is 6.79 Å². The van der Waals surface area contributed by atoms with Gasteiger partial charge in [-0.15, -0.1) is 0 Å². The van der Waals surface area contributed by atoms with E-state index in [0.29, 0.717) is 15.8 Å². The topological polar surface area (TPSA) is 51.1 Å². The second kappa shape index (κ2) is 6.29. The van der Waals surface area contributed by atoms with Gasteiger partial charge in [0.15, 0.2) is 16.7 Å². The molecule has 2 aromatic carbocycles. The van der Waals surface area contributed by atoms with Crippen LogP contribution in [-0.2, 0) is 4.79 Å². The molecular formula is C19H16N2O3S. The monoisotopic (exact) mass is 352 g/mol. The summed E-state index contributed by atoms with van der Waals surface area (Å²) in [5, 5.41) is 0.667. The van der Waals surface area contributed by atoms with E-state index in [-0.39, 0.29) is 12.7 Å². The van der Waals surface area contributed by atoms with Crippen LogP contribution in [0.3, 0.4) is 0 Å². The lowest BCUT2D eigenvalue weighted by molar-refractivity contribution is -0.121. The van der Waals surface area contributed by atoms with E-state index in [1.54, 1.807) is 11.9 Å². The quantitative estimate of drug-likeness (QED) is 0.768. The van der Waals surface area contributed by atoms with E-state index < -0.39 is 0 Å². The highest BCUT2D eigenvalue weighted by molar-refractivity contribution is 8.18. The molecule has 0 aromatic heterocycles. The third-order valence-corrected chi connectivity index (χ3v) is 5.09. The fourth-order valence-corrected chi connectivity index (χ4v) is 3.60. The average molecular weight is 352 g/mol. The molecule has 0 bridgehead atoms. The Morgan fingerprint density at radius 3 is 2.64 bits per heavy atom. The Balaban J connectivity index is 1.66. The normalized spacial score (nSPS) is 19.3. The Labute approximate surface area is 150 Å². The Bertz CT molecular complexity index is 906. The van der Waals surface area contributed by atoms with Crippen LogP contribution in [0.25, 0.3) is 6.08 Å². The van der Waals surface area contributed by atoms with Gasteiger partial charge in [-0.2, -0.15) is 0 Å². The van der Waals surface area contributed by atoms with Gasteiger partial charge in [-0.25, -0.2) is 4.99 Å². The number of thioether (sulfide) groups is 1. The van der Waals surface area contributed by atoms with E-state index in [2.05, 4.69) is 4.99 Å². The average Bonchev–Trinajstić information content (AvgIpc) is 3.16. The number of fused-ring (bicyclic) bond motifs is 1. The molecule has 1 saturated heterocycles. The van der Waals surface area contributed by atoms with Crippen molar-refractivity contribution in [1.29, 1.82) is 0 Å². The van der Waals surface area contributed by atoms with E-state index in [4.69, 9.17) is 9.47 Å². The molecule has 0 unspecified atom stereocenters. The van der Waals surface area contributed by atoms with Gasteiger partial charge in [-0.3, -0.25) is 9.69 Å². The largest absolute Gasteiger partial charge is 0.454 e. The smallest absolute Gasteiger partial charge is 0.266 e. The highest BCUT2D eigenvalue weighted by atomic mass is 32.2. The number of rotatable bonds is 2. The summed E-state index contributed by atoms with van der Waals surface area (Å²) in [4.78, 5) is 19.3. The number of nitrogens with zero attached hydrogens (tertiary/aromatic N) is 2. The van der Waals surface area contributed by atoms with Crippen LogP contribution in [0.15, 0.2) is 52.4 Å². The second-order valence-corrected chi connectivity index (χ2v) is 6.78. The zero-order valence-electron chi connectivity index (χ0n) is 13.9. The summed E-state index contributed by atoms with van der Waals surface area (Å²) in [6.45, 7) is 2.22. The minimum atomic E-state index is -0.0586. The number of benzene rings is 2. The molecule has 0 atom stereocenters. The Kier molecular flexibility index (Phi) is 3.97. The third kappa shape index (κ3) is 3.00. The van der Waals surface area contributed by atoms with Gasteiger partial charge in [0.25, 0.3) is 5.91 Å². The van der Waals surface area contributed by atoms with Crippen molar-refractivity contribution < 1.29 is 14.3 Å². The first kappa shape index (κ1) is 15.8. The summed E-state index contributed by atoms with van der Waals surface area (Å²) >= 11 is 1.37. The van der Waals surface area contributed by atoms with Crippen LogP contribution in [0.2, 0.25) is 0 Å². The summed E-state index contributed by atoms with van der Waals surface area (Å²) in [7, 11) is 1.74. The molecule has 2 aliphatic rings. The van der Waals surface area contributed by atoms with Gasteiger partial charge >= 0.3 is 0 Å². The van der Waals surface area contributed by atoms with Crippen molar-refractivity contribution in [2.45, 2.75) is 6.92 Å². The standard InChI is InChI=1S/C19H16N2O3S/c1-12-8-15-16(24-11-23-15)9-13(12)10-17-18(22)21(2)19(25-17)20-14-6-4-3-5-7-14/h3-10H,11H2,1-2H3/b17-10-,20-19?. The number of carbonyl (C=O) groups excluding carboxylic acids is 1. The maximum absolute atomic E-state index is 12.6. The van der Waals surface area contributed by atoms with Crippen LogP contribution in [-0.4, -0.2) is 29.8 Å². The first-order valence-corrected chi connectivity index (χ1v) is 8.65. The Morgan fingerprint density at radius 2 is 1.88 bits per heavy atom. The molecule has 2 heterocycles. The van der Waals surface area contributed by atoms with Gasteiger partial charge in [0.05, 0.1) is 10.6 Å². The molecule has 4 rings (SSSR count). The van der Waals surface area contributed by atoms with Crippen LogP contribution in [0.1, 0.15) is 11.1 Å². The van der Waals surface area contributed by atoms with E-state index in [9.17, 15) is 4.79 Å². The zero-order valence-corrected chi connectivity index (χ0v) is 14.7. The van der Waals surface area contributed by atoms with Crippen molar-refractivity contribution in [1.82, 2.24) is 4.90 Å². The molecule has 6 heteroatoms. The van der Waals surface area contributed by atoms with Gasteiger partial charge in [-0.1, -0.05) is 18.2 Å². The summed E-state index contributed by atoms with van der Waals surface area (Å²) in [5.41, 5.74) is 2.79. The van der Waals surface area contributed by atoms with Crippen LogP contribution in [0.4, 0.5) is 5.69 Å². The molecule has 2 aliphatic heterocycles. The fraction of sp³-hybridized carbons (Fsp3) is 0.158. The zero-order chi connectivity index (χ0) is 17.4. The predicted octanol–water partition coefficient (Wildman–Crippen LogP) is 3.96. The van der Waals surface area contributed by atoms with Crippen LogP contribution >= 0.6 is 11.8 Å². The molecule has 0 aliphatic carbocycles. The molecular weight excluding hydrogens is 336 g/mol. The summed E-state index contributed by atoms with van der Waals surface area (Å²) in [6.07, 6.45) is 1.88. The van der Waals surface area contributed by atoms with E-state index in [0.717, 1.165) is 22.6 Å². The molecule has 0 saturated carbocycles. The summed E-state index contributed by atoms with van der Waals surface area (Å²) in [5.74, 6) is 1.39. The van der Waals surface area contributed by atoms with Crippen LogP contribution in [0, 0.1) is 6.92 Å². The molecule has 25 heavy (non-hydrogen) atoms.